The smallest absolute Gasteiger partial charge is 0.332 e. The second-order valence-electron chi connectivity index (χ2n) is 9.17. The van der Waals surface area contributed by atoms with Gasteiger partial charge in [-0.25, -0.2) is 0 Å². The third-order valence-electron chi connectivity index (χ3n) is 6.74. The predicted molar refractivity (Wildman–Crippen MR) is 110 cm³/mol. The number of hydrogen-bond donors (Lipinski definition) is 1. The summed E-state index contributed by atoms with van der Waals surface area (Å²) >= 11 is 0. The summed E-state index contributed by atoms with van der Waals surface area (Å²) in [5, 5.41) is 10.2. The first-order valence-electron chi connectivity index (χ1n) is 10.1. The summed E-state index contributed by atoms with van der Waals surface area (Å²) in [6.07, 6.45) is 7.25. The van der Waals surface area contributed by atoms with E-state index in [9.17, 15) is 5.11 Å². The van der Waals surface area contributed by atoms with Gasteiger partial charge in [-0.3, -0.25) is 4.98 Å². The van der Waals surface area contributed by atoms with Gasteiger partial charge in [0.15, 0.2) is 0 Å². The van der Waals surface area contributed by atoms with E-state index >= 15 is 0 Å². The van der Waals surface area contributed by atoms with Gasteiger partial charge in [0.05, 0.1) is 16.9 Å². The second-order valence-corrected chi connectivity index (χ2v) is 9.17. The maximum absolute atomic E-state index is 10.2. The highest BCUT2D eigenvalue weighted by molar-refractivity contribution is 6.46. The summed E-state index contributed by atoms with van der Waals surface area (Å²) in [5.41, 5.74) is 4.62. The first-order chi connectivity index (χ1) is 12.7. The van der Waals surface area contributed by atoms with Crippen molar-refractivity contribution in [3.8, 4) is 11.3 Å². The first-order valence-corrected chi connectivity index (χ1v) is 10.1. The standard InChI is InChI=1S/C23H29BNO2/c1-22(2,26)23(3,4)27-24-18-10-12-21(25-14-18)17-9-11-19-15-5-7-16(8-6-15)20(19)13-17/h9-16,26H,5-8H2,1-4H3. The van der Waals surface area contributed by atoms with Crippen LogP contribution in [-0.2, 0) is 4.65 Å². The number of aromatic nitrogens is 1. The molecule has 0 spiro atoms. The molecule has 27 heavy (non-hydrogen) atoms. The Balaban J connectivity index is 1.49. The third kappa shape index (κ3) is 3.57. The highest BCUT2D eigenvalue weighted by Crippen LogP contribution is 2.49. The largest absolute Gasteiger partial charge is 0.427 e. The van der Waals surface area contributed by atoms with Gasteiger partial charge in [0, 0.05) is 11.8 Å². The van der Waals surface area contributed by atoms with Crippen LogP contribution in [0.3, 0.4) is 0 Å². The lowest BCUT2D eigenvalue weighted by atomic mass is 9.67. The van der Waals surface area contributed by atoms with Gasteiger partial charge in [-0.2, -0.15) is 0 Å². The quantitative estimate of drug-likeness (QED) is 0.806. The molecule has 1 saturated carbocycles. The number of rotatable bonds is 5. The van der Waals surface area contributed by atoms with E-state index < -0.39 is 11.2 Å². The van der Waals surface area contributed by atoms with E-state index in [0.717, 1.165) is 23.0 Å². The van der Waals surface area contributed by atoms with Gasteiger partial charge in [0.2, 0.25) is 0 Å². The molecule has 3 aliphatic carbocycles. The summed E-state index contributed by atoms with van der Waals surface area (Å²) < 4.78 is 5.82. The Morgan fingerprint density at radius 1 is 0.963 bits per heavy atom. The highest BCUT2D eigenvalue weighted by Gasteiger charge is 2.36. The number of hydrogen-bond acceptors (Lipinski definition) is 3. The van der Waals surface area contributed by atoms with Gasteiger partial charge in [-0.05, 0) is 93.9 Å². The Morgan fingerprint density at radius 3 is 2.22 bits per heavy atom. The van der Waals surface area contributed by atoms with Gasteiger partial charge in [0.25, 0.3) is 0 Å². The molecule has 0 amide bonds. The highest BCUT2D eigenvalue weighted by atomic mass is 16.5. The van der Waals surface area contributed by atoms with Gasteiger partial charge >= 0.3 is 7.48 Å². The molecule has 5 rings (SSSR count). The SMILES string of the molecule is CC(C)(O)C(C)(C)O[B]c1ccc(-c2ccc3c(c2)C2CCC3CC2)nc1. The molecule has 1 aromatic carbocycles. The van der Waals surface area contributed by atoms with Crippen LogP contribution in [0.15, 0.2) is 36.5 Å². The predicted octanol–water partition coefficient (Wildman–Crippen LogP) is 4.31. The van der Waals surface area contributed by atoms with Gasteiger partial charge in [-0.1, -0.05) is 18.2 Å². The lowest BCUT2D eigenvalue weighted by Gasteiger charge is -2.38. The van der Waals surface area contributed by atoms with E-state index in [1.165, 1.54) is 31.2 Å². The Labute approximate surface area is 163 Å². The van der Waals surface area contributed by atoms with Gasteiger partial charge in [0.1, 0.15) is 0 Å². The Kier molecular flexibility index (Phi) is 4.68. The first kappa shape index (κ1) is 18.7. The molecule has 1 aromatic heterocycles. The summed E-state index contributed by atoms with van der Waals surface area (Å²) in [5.74, 6) is 1.52. The average Bonchev–Trinajstić information content (AvgIpc) is 2.67. The molecular formula is C23H29BNO2. The van der Waals surface area contributed by atoms with Crippen LogP contribution in [0.25, 0.3) is 11.3 Å². The monoisotopic (exact) mass is 362 g/mol. The van der Waals surface area contributed by atoms with Crippen LogP contribution >= 0.6 is 0 Å². The second kappa shape index (κ2) is 6.75. The summed E-state index contributed by atoms with van der Waals surface area (Å²) in [4.78, 5) is 4.65. The van der Waals surface area contributed by atoms with E-state index in [-0.39, 0.29) is 0 Å². The average molecular weight is 362 g/mol. The molecule has 0 saturated heterocycles. The molecular weight excluding hydrogens is 333 g/mol. The molecule has 141 valence electrons. The van der Waals surface area contributed by atoms with Crippen LogP contribution in [0.1, 0.15) is 76.3 Å². The van der Waals surface area contributed by atoms with Crippen molar-refractivity contribution in [2.24, 2.45) is 0 Å². The van der Waals surface area contributed by atoms with Crippen molar-refractivity contribution in [3.05, 3.63) is 47.7 Å². The van der Waals surface area contributed by atoms with Crippen LogP contribution in [0.4, 0.5) is 0 Å². The zero-order valence-corrected chi connectivity index (χ0v) is 16.8. The van der Waals surface area contributed by atoms with Crippen molar-refractivity contribution in [1.29, 1.82) is 0 Å². The maximum atomic E-state index is 10.2. The number of fused-ring (bicyclic) bond motifs is 2. The van der Waals surface area contributed by atoms with Crippen molar-refractivity contribution in [3.63, 3.8) is 0 Å². The van der Waals surface area contributed by atoms with Crippen LogP contribution in [-0.4, -0.2) is 28.8 Å². The Morgan fingerprint density at radius 2 is 1.63 bits per heavy atom. The van der Waals surface area contributed by atoms with E-state index in [4.69, 9.17) is 4.65 Å². The molecule has 0 unspecified atom stereocenters. The molecule has 2 aromatic rings. The number of nitrogens with zero attached hydrogens (tertiary/aromatic N) is 1. The minimum atomic E-state index is -0.931. The fraction of sp³-hybridized carbons (Fsp3) is 0.522. The molecule has 1 N–H and O–H groups in total. The third-order valence-corrected chi connectivity index (χ3v) is 6.74. The normalized spacial score (nSPS) is 21.8. The molecule has 3 aliphatic rings. The fourth-order valence-electron chi connectivity index (χ4n) is 4.18. The molecule has 1 radical (unpaired) electrons. The number of pyridine rings is 1. The van der Waals surface area contributed by atoms with Crippen LogP contribution in [0, 0.1) is 0 Å². The zero-order valence-electron chi connectivity index (χ0n) is 16.8. The Bertz CT molecular complexity index is 815. The lowest BCUT2D eigenvalue weighted by Crippen LogP contribution is -2.49. The topological polar surface area (TPSA) is 42.4 Å². The summed E-state index contributed by atoms with van der Waals surface area (Å²) in [7, 11) is 1.68. The van der Waals surface area contributed by atoms with E-state index in [1.54, 1.807) is 32.5 Å². The van der Waals surface area contributed by atoms with Crippen LogP contribution < -0.4 is 5.46 Å². The van der Waals surface area contributed by atoms with E-state index in [2.05, 4.69) is 29.2 Å². The van der Waals surface area contributed by atoms with Crippen LogP contribution in [0.2, 0.25) is 0 Å². The lowest BCUT2D eigenvalue weighted by molar-refractivity contribution is -0.0893. The summed E-state index contributed by atoms with van der Waals surface area (Å²) in [6.45, 7) is 7.27. The molecule has 0 aliphatic heterocycles. The van der Waals surface area contributed by atoms with E-state index in [0.29, 0.717) is 0 Å². The van der Waals surface area contributed by atoms with Crippen molar-refractivity contribution in [2.45, 2.75) is 76.4 Å². The summed E-state index contributed by atoms with van der Waals surface area (Å²) in [6, 6.07) is 11.0. The Hall–Kier alpha value is -1.65. The zero-order chi connectivity index (χ0) is 19.2. The van der Waals surface area contributed by atoms with Crippen molar-refractivity contribution in [1.82, 2.24) is 4.98 Å². The molecule has 1 heterocycles. The van der Waals surface area contributed by atoms with Gasteiger partial charge in [-0.15, -0.1) is 0 Å². The van der Waals surface area contributed by atoms with Crippen molar-refractivity contribution in [2.75, 3.05) is 0 Å². The van der Waals surface area contributed by atoms with Crippen molar-refractivity contribution < 1.29 is 9.76 Å². The number of aliphatic hydroxyl groups is 1. The molecule has 0 atom stereocenters. The minimum Gasteiger partial charge on any atom is -0.427 e. The number of benzene rings is 1. The minimum absolute atomic E-state index is 0.677. The molecule has 4 heteroatoms. The fourth-order valence-corrected chi connectivity index (χ4v) is 4.18. The van der Waals surface area contributed by atoms with Crippen molar-refractivity contribution >= 4 is 12.9 Å². The van der Waals surface area contributed by atoms with Crippen LogP contribution in [0.5, 0.6) is 0 Å². The van der Waals surface area contributed by atoms with E-state index in [1.807, 2.05) is 26.1 Å². The van der Waals surface area contributed by atoms with Gasteiger partial charge < -0.3 is 9.76 Å². The molecule has 1 fully saturated rings. The molecule has 2 bridgehead atoms. The molecule has 3 nitrogen and oxygen atoms in total. The maximum Gasteiger partial charge on any atom is 0.332 e.